The minimum Gasteiger partial charge on any atom is -0.353 e. The zero-order valence-electron chi connectivity index (χ0n) is 11.5. The summed E-state index contributed by atoms with van der Waals surface area (Å²) in [6.45, 7) is 7.66. The number of aromatic nitrogens is 2. The lowest BCUT2D eigenvalue weighted by Crippen LogP contribution is -2.46. The maximum Gasteiger partial charge on any atom is 0.138 e. The molecule has 0 bridgehead atoms. The number of nitrogens with zero attached hydrogens (tertiary/aromatic N) is 3. The summed E-state index contributed by atoms with van der Waals surface area (Å²) in [6, 6.07) is 2.53. The van der Waals surface area contributed by atoms with Crippen LogP contribution in [-0.2, 0) is 0 Å². The summed E-state index contributed by atoms with van der Waals surface area (Å²) in [6.07, 6.45) is 5.08. The molecule has 19 heavy (non-hydrogen) atoms. The average Bonchev–Trinajstić information content (AvgIpc) is 2.36. The van der Waals surface area contributed by atoms with Gasteiger partial charge in [0, 0.05) is 30.4 Å². The first-order chi connectivity index (χ1) is 9.08. The molecule has 1 unspecified atom stereocenters. The van der Waals surface area contributed by atoms with Crippen LogP contribution in [0.3, 0.4) is 0 Å². The lowest BCUT2D eigenvalue weighted by molar-refractivity contribution is 0.478. The quantitative estimate of drug-likeness (QED) is 0.776. The van der Waals surface area contributed by atoms with Gasteiger partial charge in [0.25, 0.3) is 0 Å². The van der Waals surface area contributed by atoms with E-state index in [1.807, 2.05) is 18.5 Å². The van der Waals surface area contributed by atoms with E-state index in [2.05, 4.69) is 35.6 Å². The molecule has 0 aliphatic carbocycles. The molecule has 1 fully saturated rings. The van der Waals surface area contributed by atoms with Gasteiger partial charge in [0.15, 0.2) is 0 Å². The highest BCUT2D eigenvalue weighted by Gasteiger charge is 2.27. The van der Waals surface area contributed by atoms with Crippen molar-refractivity contribution in [3.63, 3.8) is 0 Å². The van der Waals surface area contributed by atoms with Crippen LogP contribution in [0.2, 0.25) is 5.15 Å². The molecule has 2 aromatic rings. The van der Waals surface area contributed by atoms with Crippen LogP contribution in [0.4, 0.5) is 5.82 Å². The first-order valence-corrected chi connectivity index (χ1v) is 7.16. The lowest BCUT2D eigenvalue weighted by Gasteiger charge is -2.40. The Bertz CT molecular complexity index is 624. The minimum atomic E-state index is 0.427. The first kappa shape index (κ1) is 12.7. The van der Waals surface area contributed by atoms with Crippen molar-refractivity contribution in [1.29, 1.82) is 0 Å². The fraction of sp³-hybridized carbons (Fsp3) is 0.467. The molecule has 0 N–H and O–H groups in total. The lowest BCUT2D eigenvalue weighted by atomic mass is 9.98. The molecule has 4 heteroatoms. The van der Waals surface area contributed by atoms with E-state index in [0.717, 1.165) is 17.7 Å². The Balaban J connectivity index is 2.23. The summed E-state index contributed by atoms with van der Waals surface area (Å²) in [5, 5.41) is 2.84. The fourth-order valence-corrected chi connectivity index (χ4v) is 2.79. The number of hydrogen-bond donors (Lipinski definition) is 0. The molecule has 0 spiro atoms. The summed E-state index contributed by atoms with van der Waals surface area (Å²) in [4.78, 5) is 11.2. The van der Waals surface area contributed by atoms with Gasteiger partial charge >= 0.3 is 0 Å². The standard InChI is InChI=1S/C15H18ClN3/c1-9(2)12-7-18-15(19-5-4-10(19)3)13-8-17-14(16)6-11(12)13/h6-10H,4-5H2,1-3H3. The predicted molar refractivity (Wildman–Crippen MR) is 80.1 cm³/mol. The number of fused-ring (bicyclic) bond motifs is 1. The van der Waals surface area contributed by atoms with E-state index in [4.69, 9.17) is 11.6 Å². The van der Waals surface area contributed by atoms with Gasteiger partial charge < -0.3 is 4.90 Å². The molecule has 1 saturated heterocycles. The third kappa shape index (κ3) is 2.06. The molecule has 1 atom stereocenters. The van der Waals surface area contributed by atoms with Gasteiger partial charge in [0.2, 0.25) is 0 Å². The van der Waals surface area contributed by atoms with Gasteiger partial charge in [-0.05, 0) is 36.3 Å². The fourth-order valence-electron chi connectivity index (χ4n) is 2.64. The number of hydrogen-bond acceptors (Lipinski definition) is 3. The van der Waals surface area contributed by atoms with Crippen molar-refractivity contribution < 1.29 is 0 Å². The molecule has 0 amide bonds. The molecule has 0 aromatic carbocycles. The van der Waals surface area contributed by atoms with Crippen LogP contribution in [-0.4, -0.2) is 22.6 Å². The van der Waals surface area contributed by atoms with E-state index in [1.165, 1.54) is 17.4 Å². The Labute approximate surface area is 118 Å². The zero-order valence-corrected chi connectivity index (χ0v) is 12.3. The van der Waals surface area contributed by atoms with Crippen LogP contribution in [0.25, 0.3) is 10.8 Å². The van der Waals surface area contributed by atoms with Crippen LogP contribution in [0.5, 0.6) is 0 Å². The van der Waals surface area contributed by atoms with Gasteiger partial charge in [-0.1, -0.05) is 25.4 Å². The summed E-state index contributed by atoms with van der Waals surface area (Å²) in [5.74, 6) is 1.47. The van der Waals surface area contributed by atoms with Crippen LogP contribution in [0, 0.1) is 0 Å². The Morgan fingerprint density at radius 3 is 2.63 bits per heavy atom. The third-order valence-electron chi connectivity index (χ3n) is 3.96. The molecule has 3 nitrogen and oxygen atoms in total. The van der Waals surface area contributed by atoms with E-state index in [-0.39, 0.29) is 0 Å². The number of rotatable bonds is 2. The highest BCUT2D eigenvalue weighted by Crippen LogP contribution is 2.35. The Morgan fingerprint density at radius 2 is 2.05 bits per heavy atom. The van der Waals surface area contributed by atoms with E-state index in [9.17, 15) is 0 Å². The maximum absolute atomic E-state index is 6.06. The van der Waals surface area contributed by atoms with E-state index >= 15 is 0 Å². The molecular weight excluding hydrogens is 258 g/mol. The summed E-state index contributed by atoms with van der Waals surface area (Å²) in [5.41, 5.74) is 1.23. The van der Waals surface area contributed by atoms with Gasteiger partial charge in [-0.3, -0.25) is 0 Å². The SMILES string of the molecule is CC(C)c1cnc(N2CCC2C)c2cnc(Cl)cc12. The minimum absolute atomic E-state index is 0.427. The molecule has 3 heterocycles. The maximum atomic E-state index is 6.06. The third-order valence-corrected chi connectivity index (χ3v) is 4.17. The van der Waals surface area contributed by atoms with Gasteiger partial charge in [-0.25, -0.2) is 9.97 Å². The van der Waals surface area contributed by atoms with E-state index in [1.54, 1.807) is 0 Å². The van der Waals surface area contributed by atoms with Gasteiger partial charge in [0.05, 0.1) is 0 Å². The molecule has 3 rings (SSSR count). The Hall–Kier alpha value is -1.35. The molecule has 2 aromatic heterocycles. The number of pyridine rings is 2. The molecule has 1 aliphatic rings. The Kier molecular flexibility index (Phi) is 3.09. The van der Waals surface area contributed by atoms with Gasteiger partial charge in [0.1, 0.15) is 11.0 Å². The molecule has 0 saturated carbocycles. The molecule has 0 radical (unpaired) electrons. The van der Waals surface area contributed by atoms with Crippen molar-refractivity contribution in [2.24, 2.45) is 0 Å². The largest absolute Gasteiger partial charge is 0.353 e. The van der Waals surface area contributed by atoms with Crippen molar-refractivity contribution in [2.45, 2.75) is 39.2 Å². The van der Waals surface area contributed by atoms with Crippen LogP contribution in [0.1, 0.15) is 38.7 Å². The second-order valence-corrected chi connectivity index (χ2v) is 5.96. The average molecular weight is 276 g/mol. The molecular formula is C15H18ClN3. The first-order valence-electron chi connectivity index (χ1n) is 6.78. The summed E-state index contributed by atoms with van der Waals surface area (Å²) < 4.78 is 0. The second-order valence-electron chi connectivity index (χ2n) is 5.58. The number of halogens is 1. The van der Waals surface area contributed by atoms with Crippen LogP contribution >= 0.6 is 11.6 Å². The van der Waals surface area contributed by atoms with Crippen molar-refractivity contribution in [3.05, 3.63) is 29.2 Å². The number of anilines is 1. The Morgan fingerprint density at radius 1 is 1.26 bits per heavy atom. The van der Waals surface area contributed by atoms with Crippen molar-refractivity contribution in [2.75, 3.05) is 11.4 Å². The zero-order chi connectivity index (χ0) is 13.6. The monoisotopic (exact) mass is 275 g/mol. The van der Waals surface area contributed by atoms with Crippen molar-refractivity contribution in [3.8, 4) is 0 Å². The van der Waals surface area contributed by atoms with E-state index < -0.39 is 0 Å². The van der Waals surface area contributed by atoms with Crippen LogP contribution < -0.4 is 4.90 Å². The second kappa shape index (κ2) is 4.64. The predicted octanol–water partition coefficient (Wildman–Crippen LogP) is 4.01. The summed E-state index contributed by atoms with van der Waals surface area (Å²) >= 11 is 6.06. The van der Waals surface area contributed by atoms with E-state index in [0.29, 0.717) is 17.1 Å². The molecule has 1 aliphatic heterocycles. The highest BCUT2D eigenvalue weighted by molar-refractivity contribution is 6.30. The molecule has 100 valence electrons. The van der Waals surface area contributed by atoms with Crippen molar-refractivity contribution >= 4 is 28.2 Å². The normalized spacial score (nSPS) is 19.0. The van der Waals surface area contributed by atoms with Gasteiger partial charge in [-0.15, -0.1) is 0 Å². The van der Waals surface area contributed by atoms with Crippen LogP contribution in [0.15, 0.2) is 18.5 Å². The smallest absolute Gasteiger partial charge is 0.138 e. The highest BCUT2D eigenvalue weighted by atomic mass is 35.5. The van der Waals surface area contributed by atoms with Gasteiger partial charge in [-0.2, -0.15) is 0 Å². The topological polar surface area (TPSA) is 29.0 Å². The van der Waals surface area contributed by atoms with Crippen molar-refractivity contribution in [1.82, 2.24) is 9.97 Å². The summed E-state index contributed by atoms with van der Waals surface area (Å²) in [7, 11) is 0.